The summed E-state index contributed by atoms with van der Waals surface area (Å²) >= 11 is 16.8. The van der Waals surface area contributed by atoms with Gasteiger partial charge in [0.1, 0.15) is 12.4 Å². The van der Waals surface area contributed by atoms with Crippen LogP contribution in [0.3, 0.4) is 0 Å². The summed E-state index contributed by atoms with van der Waals surface area (Å²) in [7, 11) is 0. The van der Waals surface area contributed by atoms with Gasteiger partial charge in [0.15, 0.2) is 5.78 Å². The van der Waals surface area contributed by atoms with Crippen molar-refractivity contribution in [3.8, 4) is 5.75 Å². The minimum Gasteiger partial charge on any atom is -0.487 e. The Kier molecular flexibility index (Phi) is 8.09. The lowest BCUT2D eigenvalue weighted by Crippen LogP contribution is -2.29. The highest BCUT2D eigenvalue weighted by atomic mass is 127. The van der Waals surface area contributed by atoms with Crippen LogP contribution in [0.4, 0.5) is 0 Å². The van der Waals surface area contributed by atoms with Gasteiger partial charge in [-0.15, -0.1) is 0 Å². The first-order valence-electron chi connectivity index (χ1n) is 11.8. The lowest BCUT2D eigenvalue weighted by atomic mass is 9.80. The number of ether oxygens (including phenoxy) is 2. The summed E-state index contributed by atoms with van der Waals surface area (Å²) in [6.07, 6.45) is 0. The number of rotatable bonds is 6. The Morgan fingerprint density at radius 2 is 1.71 bits per heavy atom. The molecule has 1 N–H and O–H groups in total. The van der Waals surface area contributed by atoms with E-state index in [0.717, 1.165) is 29.5 Å². The van der Waals surface area contributed by atoms with Crippen molar-refractivity contribution in [2.24, 2.45) is 0 Å². The van der Waals surface area contributed by atoms with Crippen molar-refractivity contribution < 1.29 is 19.1 Å². The molecule has 0 amide bonds. The van der Waals surface area contributed by atoms with E-state index in [9.17, 15) is 9.59 Å². The highest BCUT2D eigenvalue weighted by Crippen LogP contribution is 2.48. The minimum absolute atomic E-state index is 0.0925. The maximum absolute atomic E-state index is 13.7. The average molecular weight is 772 g/mol. The van der Waals surface area contributed by atoms with Crippen molar-refractivity contribution in [3.05, 3.63) is 111 Å². The SMILES string of the molecule is CCOC(=O)C1=C(C)NC2=C(C(=O)c3ccccc32)[C@H]1c1cc(I)c(OCc2ccc(Cl)cc2Cl)c(I)c1. The zero-order valence-electron chi connectivity index (χ0n) is 20.3. The van der Waals surface area contributed by atoms with Crippen LogP contribution in [0.2, 0.25) is 10.0 Å². The Hall–Kier alpha value is -2.08. The standard InChI is InChI=1S/C29H21Cl2I2NO4/c1-3-37-29(36)23-14(2)34-26-18-6-4-5-7-19(18)27(35)25(26)24(23)16-10-21(32)28(22(33)11-16)38-13-15-8-9-17(30)12-20(15)31/h4-12,24,34H,3,13H2,1-2H3/t24-/m0/s1. The number of halogens is 4. The highest BCUT2D eigenvalue weighted by Gasteiger charge is 2.43. The number of ketones is 1. The lowest BCUT2D eigenvalue weighted by molar-refractivity contribution is -0.138. The molecular formula is C29H21Cl2I2NO4. The van der Waals surface area contributed by atoms with Crippen molar-refractivity contribution in [1.82, 2.24) is 5.32 Å². The third-order valence-corrected chi connectivity index (χ3v) is 8.67. The van der Waals surface area contributed by atoms with Gasteiger partial charge in [-0.2, -0.15) is 0 Å². The van der Waals surface area contributed by atoms with Crippen LogP contribution in [-0.4, -0.2) is 18.4 Å². The predicted molar refractivity (Wildman–Crippen MR) is 166 cm³/mol. The molecule has 0 bridgehead atoms. The summed E-state index contributed by atoms with van der Waals surface area (Å²) in [5.41, 5.74) is 5.47. The van der Waals surface area contributed by atoms with Crippen LogP contribution < -0.4 is 10.1 Å². The molecule has 0 saturated carbocycles. The Morgan fingerprint density at radius 3 is 2.37 bits per heavy atom. The Morgan fingerprint density at radius 1 is 1.03 bits per heavy atom. The summed E-state index contributed by atoms with van der Waals surface area (Å²) < 4.78 is 13.3. The number of fused-ring (bicyclic) bond motifs is 2. The van der Waals surface area contributed by atoms with E-state index in [1.807, 2.05) is 49.4 Å². The smallest absolute Gasteiger partial charge is 0.336 e. The molecule has 38 heavy (non-hydrogen) atoms. The van der Waals surface area contributed by atoms with Crippen LogP contribution in [0.25, 0.3) is 5.70 Å². The molecule has 194 valence electrons. The maximum Gasteiger partial charge on any atom is 0.336 e. The van der Waals surface area contributed by atoms with E-state index in [1.54, 1.807) is 19.1 Å². The van der Waals surface area contributed by atoms with Crippen molar-refractivity contribution >= 4 is 85.8 Å². The fourth-order valence-corrected chi connectivity index (χ4v) is 7.41. The third-order valence-electron chi connectivity index (χ3n) is 6.49. The first-order chi connectivity index (χ1) is 18.2. The molecule has 1 aliphatic heterocycles. The van der Waals surface area contributed by atoms with Crippen molar-refractivity contribution in [2.45, 2.75) is 26.4 Å². The van der Waals surface area contributed by atoms with Gasteiger partial charge < -0.3 is 14.8 Å². The van der Waals surface area contributed by atoms with Crippen molar-refractivity contribution in [2.75, 3.05) is 6.61 Å². The zero-order chi connectivity index (χ0) is 27.1. The van der Waals surface area contributed by atoms with E-state index in [-0.39, 0.29) is 19.0 Å². The first kappa shape index (κ1) is 27.5. The number of allylic oxidation sites excluding steroid dienone is 2. The van der Waals surface area contributed by atoms with Crippen molar-refractivity contribution in [1.29, 1.82) is 0 Å². The van der Waals surface area contributed by atoms with Crippen LogP contribution in [0.5, 0.6) is 5.75 Å². The van der Waals surface area contributed by atoms with Crippen molar-refractivity contribution in [3.63, 3.8) is 0 Å². The molecule has 1 heterocycles. The molecule has 1 atom stereocenters. The van der Waals surface area contributed by atoms with E-state index in [1.165, 1.54) is 0 Å². The summed E-state index contributed by atoms with van der Waals surface area (Å²) in [5.74, 6) is -0.429. The molecule has 0 saturated heterocycles. The van der Waals surface area contributed by atoms with Crippen LogP contribution in [0, 0.1) is 7.14 Å². The molecule has 5 nitrogen and oxygen atoms in total. The van der Waals surface area contributed by atoms with E-state index in [0.29, 0.717) is 38.2 Å². The third kappa shape index (κ3) is 4.98. The normalized spacial score (nSPS) is 16.3. The second-order valence-electron chi connectivity index (χ2n) is 8.82. The fourth-order valence-electron chi connectivity index (χ4n) is 4.81. The van der Waals surface area contributed by atoms with Crippen LogP contribution in [-0.2, 0) is 16.1 Å². The highest BCUT2D eigenvalue weighted by molar-refractivity contribution is 14.1. The quantitative estimate of drug-likeness (QED) is 0.204. The topological polar surface area (TPSA) is 64.6 Å². The predicted octanol–water partition coefficient (Wildman–Crippen LogP) is 7.91. The molecule has 0 fully saturated rings. The molecule has 0 unspecified atom stereocenters. The fraction of sp³-hybridized carbons (Fsp3) is 0.172. The van der Waals surface area contributed by atoms with Gasteiger partial charge in [0, 0.05) is 43.9 Å². The van der Waals surface area contributed by atoms with E-state index >= 15 is 0 Å². The number of dihydropyridines is 1. The molecule has 0 spiro atoms. The molecule has 3 aromatic rings. The molecule has 2 aliphatic rings. The lowest BCUT2D eigenvalue weighted by Gasteiger charge is -2.29. The van der Waals surface area contributed by atoms with Crippen LogP contribution in [0.1, 0.15) is 46.8 Å². The Labute approximate surface area is 257 Å². The van der Waals surface area contributed by atoms with E-state index < -0.39 is 11.9 Å². The number of carbonyl (C=O) groups is 2. The second-order valence-corrected chi connectivity index (χ2v) is 12.0. The summed E-state index contributed by atoms with van der Waals surface area (Å²) in [5, 5.41) is 4.43. The average Bonchev–Trinajstić information content (AvgIpc) is 3.15. The largest absolute Gasteiger partial charge is 0.487 e. The maximum atomic E-state index is 13.7. The van der Waals surface area contributed by atoms with Gasteiger partial charge in [0.05, 0.1) is 25.0 Å². The van der Waals surface area contributed by atoms with E-state index in [4.69, 9.17) is 32.7 Å². The van der Waals surface area contributed by atoms with Crippen LogP contribution in [0.15, 0.2) is 71.4 Å². The van der Waals surface area contributed by atoms with Gasteiger partial charge in [-0.25, -0.2) is 4.79 Å². The Balaban J connectivity index is 1.57. The molecule has 3 aromatic carbocycles. The molecule has 0 aromatic heterocycles. The monoisotopic (exact) mass is 771 g/mol. The van der Waals surface area contributed by atoms with Gasteiger partial charge in [0.25, 0.3) is 0 Å². The minimum atomic E-state index is -0.591. The van der Waals surface area contributed by atoms with Gasteiger partial charge in [-0.05, 0) is 88.9 Å². The number of esters is 1. The van der Waals surface area contributed by atoms with Gasteiger partial charge >= 0.3 is 5.97 Å². The molecule has 1 aliphatic carbocycles. The number of hydrogen-bond acceptors (Lipinski definition) is 5. The van der Waals surface area contributed by atoms with Gasteiger partial charge in [0.2, 0.25) is 0 Å². The van der Waals surface area contributed by atoms with Crippen LogP contribution >= 0.6 is 68.4 Å². The summed E-state index contributed by atoms with van der Waals surface area (Å²) in [4.78, 5) is 26.9. The Bertz CT molecular complexity index is 1540. The second kappa shape index (κ2) is 11.2. The number of benzene rings is 3. The first-order valence-corrected chi connectivity index (χ1v) is 14.7. The number of carbonyl (C=O) groups excluding carboxylic acids is 2. The molecule has 5 rings (SSSR count). The summed E-state index contributed by atoms with van der Waals surface area (Å²) in [6.45, 7) is 4.12. The van der Waals surface area contributed by atoms with E-state index in [2.05, 4.69) is 50.5 Å². The molecular weight excluding hydrogens is 751 g/mol. The van der Waals surface area contributed by atoms with Gasteiger partial charge in [-0.1, -0.05) is 53.5 Å². The number of Topliss-reactive ketones (excluding diaryl/α,β-unsaturated/α-hetero) is 1. The zero-order valence-corrected chi connectivity index (χ0v) is 26.2. The molecule has 0 radical (unpaired) electrons. The van der Waals surface area contributed by atoms with Gasteiger partial charge in [-0.3, -0.25) is 4.79 Å². The number of nitrogens with one attached hydrogen (secondary N) is 1. The summed E-state index contributed by atoms with van der Waals surface area (Å²) in [6, 6.07) is 16.7. The molecule has 9 heteroatoms. The number of hydrogen-bond donors (Lipinski definition) is 1.